The molecule has 4 nitrogen and oxygen atoms in total. The third-order valence-electron chi connectivity index (χ3n) is 6.17. The molecule has 2 heterocycles. The number of ketones is 1. The zero-order chi connectivity index (χ0) is 22.4. The molecule has 1 aliphatic rings. The third-order valence-corrected chi connectivity index (χ3v) is 8.40. The number of para-hydroxylation sites is 1. The second kappa shape index (κ2) is 8.34. The highest BCUT2D eigenvalue weighted by Gasteiger charge is 2.26. The third kappa shape index (κ3) is 3.61. The quantitative estimate of drug-likeness (QED) is 0.211. The smallest absolute Gasteiger partial charge is 0.267 e. The van der Waals surface area contributed by atoms with E-state index >= 15 is 0 Å². The number of benzene rings is 2. The molecule has 1 atom stereocenters. The van der Waals surface area contributed by atoms with Crippen molar-refractivity contribution in [1.29, 1.82) is 0 Å². The lowest BCUT2D eigenvalue weighted by molar-refractivity contribution is 0.0993. The lowest BCUT2D eigenvalue weighted by Gasteiger charge is -2.16. The number of hydrogen-bond donors (Lipinski definition) is 0. The van der Waals surface area contributed by atoms with Crippen LogP contribution in [0.3, 0.4) is 0 Å². The van der Waals surface area contributed by atoms with Gasteiger partial charge in [0.15, 0.2) is 10.9 Å². The Bertz CT molecular complexity index is 1400. The molecule has 0 fully saturated rings. The molecule has 0 saturated carbocycles. The molecule has 0 amide bonds. The van der Waals surface area contributed by atoms with Crippen LogP contribution in [0.25, 0.3) is 15.9 Å². The molecular weight excluding hydrogens is 436 g/mol. The van der Waals surface area contributed by atoms with Gasteiger partial charge >= 0.3 is 0 Å². The Labute approximate surface area is 195 Å². The number of rotatable bonds is 5. The summed E-state index contributed by atoms with van der Waals surface area (Å²) in [7, 11) is 0. The van der Waals surface area contributed by atoms with E-state index in [1.165, 1.54) is 22.2 Å². The zero-order valence-corrected chi connectivity index (χ0v) is 20.0. The number of hydrogen-bond acceptors (Lipinski definition) is 5. The second-order valence-electron chi connectivity index (χ2n) is 8.33. The van der Waals surface area contributed by atoms with Crippen molar-refractivity contribution in [2.45, 2.75) is 50.4 Å². The predicted molar refractivity (Wildman–Crippen MR) is 133 cm³/mol. The lowest BCUT2D eigenvalue weighted by atomic mass is 10.0. The Kier molecular flexibility index (Phi) is 5.51. The molecule has 0 saturated heterocycles. The van der Waals surface area contributed by atoms with E-state index in [-0.39, 0.29) is 16.6 Å². The van der Waals surface area contributed by atoms with Gasteiger partial charge < -0.3 is 0 Å². The Morgan fingerprint density at radius 1 is 1.09 bits per heavy atom. The second-order valence-corrected chi connectivity index (χ2v) is 10.7. The SMILES string of the molecule is Cc1ccc(C(=O)[C@@H](C)Sc2nc3sc4c(c3c(=O)n2-c2ccccc2)CCC4)cc1C. The molecule has 0 radical (unpaired) electrons. The number of Topliss-reactive ketones (excluding diaryl/α,β-unsaturated/α-hetero) is 1. The van der Waals surface area contributed by atoms with Crippen LogP contribution < -0.4 is 5.56 Å². The number of thioether (sulfide) groups is 1. The molecule has 5 rings (SSSR count). The van der Waals surface area contributed by atoms with Crippen LogP contribution in [0, 0.1) is 13.8 Å². The van der Waals surface area contributed by atoms with Crippen molar-refractivity contribution in [3.63, 3.8) is 0 Å². The van der Waals surface area contributed by atoms with Crippen LogP contribution in [0.5, 0.6) is 0 Å². The first-order chi connectivity index (χ1) is 15.4. The van der Waals surface area contributed by atoms with E-state index in [4.69, 9.17) is 4.98 Å². The maximum Gasteiger partial charge on any atom is 0.267 e. The largest absolute Gasteiger partial charge is 0.293 e. The monoisotopic (exact) mass is 460 g/mol. The van der Waals surface area contributed by atoms with Gasteiger partial charge in [-0.05, 0) is 74.9 Å². The van der Waals surface area contributed by atoms with Crippen molar-refractivity contribution in [3.05, 3.63) is 86.0 Å². The maximum atomic E-state index is 13.7. The predicted octanol–water partition coefficient (Wildman–Crippen LogP) is 5.92. The van der Waals surface area contributed by atoms with Crippen LogP contribution in [0.2, 0.25) is 0 Å². The van der Waals surface area contributed by atoms with E-state index in [0.29, 0.717) is 10.7 Å². The minimum absolute atomic E-state index is 0.0334. The van der Waals surface area contributed by atoms with Gasteiger partial charge in [0.1, 0.15) is 4.83 Å². The highest BCUT2D eigenvalue weighted by atomic mass is 32.2. The van der Waals surface area contributed by atoms with Crippen LogP contribution in [0.4, 0.5) is 0 Å². The highest BCUT2D eigenvalue weighted by Crippen LogP contribution is 2.36. The number of fused-ring (bicyclic) bond motifs is 3. The van der Waals surface area contributed by atoms with E-state index in [2.05, 4.69) is 0 Å². The summed E-state index contributed by atoms with van der Waals surface area (Å²) in [6.45, 7) is 5.95. The van der Waals surface area contributed by atoms with Gasteiger partial charge in [-0.3, -0.25) is 14.2 Å². The fourth-order valence-corrected chi connectivity index (χ4v) is 6.56. The van der Waals surface area contributed by atoms with Crippen molar-refractivity contribution in [1.82, 2.24) is 9.55 Å². The number of nitrogens with zero attached hydrogens (tertiary/aromatic N) is 2. The summed E-state index contributed by atoms with van der Waals surface area (Å²) in [5.74, 6) is 0.0423. The summed E-state index contributed by atoms with van der Waals surface area (Å²) >= 11 is 2.99. The van der Waals surface area contributed by atoms with Crippen LogP contribution in [-0.4, -0.2) is 20.6 Å². The van der Waals surface area contributed by atoms with E-state index in [0.717, 1.165) is 46.3 Å². The summed E-state index contributed by atoms with van der Waals surface area (Å²) in [5, 5.41) is 0.949. The van der Waals surface area contributed by atoms with Crippen LogP contribution in [0.1, 0.15) is 45.3 Å². The van der Waals surface area contributed by atoms with Crippen LogP contribution in [0.15, 0.2) is 58.5 Å². The molecule has 0 spiro atoms. The lowest BCUT2D eigenvalue weighted by Crippen LogP contribution is -2.23. The first-order valence-electron chi connectivity index (χ1n) is 10.8. The van der Waals surface area contributed by atoms with Crippen molar-refractivity contribution in [2.24, 2.45) is 0 Å². The summed E-state index contributed by atoms with van der Waals surface area (Å²) in [6, 6.07) is 15.4. The minimum atomic E-state index is -0.372. The Hall–Kier alpha value is -2.70. The topological polar surface area (TPSA) is 52.0 Å². The number of aromatic nitrogens is 2. The number of thiophene rings is 1. The number of carbonyl (C=O) groups is 1. The Morgan fingerprint density at radius 3 is 2.62 bits per heavy atom. The molecule has 4 aromatic rings. The number of aryl methyl sites for hydroxylation is 4. The fraction of sp³-hybridized carbons (Fsp3) is 0.269. The summed E-state index contributed by atoms with van der Waals surface area (Å²) < 4.78 is 1.68. The van der Waals surface area contributed by atoms with Gasteiger partial charge in [-0.1, -0.05) is 42.1 Å². The standard InChI is InChI=1S/C26H24N2O2S2/c1-15-12-13-18(14-16(15)2)23(29)17(3)31-26-27-24-22(20-10-7-11-21(20)32-24)25(30)28(26)19-8-5-4-6-9-19/h4-6,8-9,12-14,17H,7,10-11H2,1-3H3/t17-/m1/s1. The van der Waals surface area contributed by atoms with Gasteiger partial charge in [-0.2, -0.15) is 0 Å². The van der Waals surface area contributed by atoms with E-state index < -0.39 is 0 Å². The first-order valence-corrected chi connectivity index (χ1v) is 12.5. The minimum Gasteiger partial charge on any atom is -0.293 e. The number of carbonyl (C=O) groups excluding carboxylic acids is 1. The molecular formula is C26H24N2O2S2. The van der Waals surface area contributed by atoms with Crippen LogP contribution in [-0.2, 0) is 12.8 Å². The van der Waals surface area contributed by atoms with Gasteiger partial charge in [0, 0.05) is 10.4 Å². The zero-order valence-electron chi connectivity index (χ0n) is 18.3. The van der Waals surface area contributed by atoms with E-state index in [1.54, 1.807) is 15.9 Å². The summed E-state index contributed by atoms with van der Waals surface area (Å²) in [5.41, 5.74) is 4.87. The average molecular weight is 461 g/mol. The fourth-order valence-electron chi connectivity index (χ4n) is 4.25. The van der Waals surface area contributed by atoms with Gasteiger partial charge in [0.25, 0.3) is 5.56 Å². The molecule has 6 heteroatoms. The molecule has 0 N–H and O–H groups in total. The van der Waals surface area contributed by atoms with Crippen molar-refractivity contribution in [3.8, 4) is 5.69 Å². The Morgan fingerprint density at radius 2 is 1.88 bits per heavy atom. The molecule has 0 bridgehead atoms. The molecule has 0 unspecified atom stereocenters. The van der Waals surface area contributed by atoms with Gasteiger partial charge in [-0.25, -0.2) is 4.98 Å². The van der Waals surface area contributed by atoms with Gasteiger partial charge in [-0.15, -0.1) is 11.3 Å². The van der Waals surface area contributed by atoms with Gasteiger partial charge in [0.2, 0.25) is 0 Å². The highest BCUT2D eigenvalue weighted by molar-refractivity contribution is 8.00. The average Bonchev–Trinajstić information content (AvgIpc) is 3.37. The van der Waals surface area contributed by atoms with Crippen molar-refractivity contribution in [2.75, 3.05) is 0 Å². The van der Waals surface area contributed by atoms with Crippen molar-refractivity contribution >= 4 is 39.1 Å². The normalized spacial score (nSPS) is 14.0. The summed E-state index contributed by atoms with van der Waals surface area (Å²) in [6.07, 6.45) is 3.06. The molecule has 162 valence electrons. The first kappa shape index (κ1) is 21.2. The summed E-state index contributed by atoms with van der Waals surface area (Å²) in [4.78, 5) is 33.9. The molecule has 0 aliphatic heterocycles. The van der Waals surface area contributed by atoms with Crippen LogP contribution >= 0.6 is 23.1 Å². The van der Waals surface area contributed by atoms with E-state index in [9.17, 15) is 9.59 Å². The Balaban J connectivity index is 1.60. The van der Waals surface area contributed by atoms with Gasteiger partial charge in [0.05, 0.1) is 16.3 Å². The molecule has 2 aromatic heterocycles. The maximum absolute atomic E-state index is 13.7. The molecule has 32 heavy (non-hydrogen) atoms. The van der Waals surface area contributed by atoms with Crippen molar-refractivity contribution < 1.29 is 4.79 Å². The van der Waals surface area contributed by atoms with E-state index in [1.807, 2.05) is 69.3 Å². The molecule has 1 aliphatic carbocycles. The molecule has 2 aromatic carbocycles.